The SMILES string of the molecule is COc1ccc(S(=O)(=O)Nc2csc(-c3ccccn3)n2)cc1C(=O)O. The van der Waals surface area contributed by atoms with Crippen molar-refractivity contribution < 1.29 is 23.1 Å². The zero-order chi connectivity index (χ0) is 18.7. The van der Waals surface area contributed by atoms with Crippen LogP contribution in [0, 0.1) is 0 Å². The van der Waals surface area contributed by atoms with E-state index >= 15 is 0 Å². The van der Waals surface area contributed by atoms with E-state index in [0.717, 1.165) is 6.07 Å². The van der Waals surface area contributed by atoms with Crippen molar-refractivity contribution >= 4 is 33.1 Å². The Kier molecular flexibility index (Phi) is 4.87. The van der Waals surface area contributed by atoms with E-state index in [9.17, 15) is 18.3 Å². The Labute approximate surface area is 153 Å². The molecule has 10 heteroatoms. The van der Waals surface area contributed by atoms with Crippen molar-refractivity contribution in [3.8, 4) is 16.5 Å². The summed E-state index contributed by atoms with van der Waals surface area (Å²) in [5.41, 5.74) is 0.378. The van der Waals surface area contributed by atoms with Crippen LogP contribution in [0.4, 0.5) is 5.82 Å². The Hall–Kier alpha value is -2.98. The fourth-order valence-corrected chi connectivity index (χ4v) is 3.97. The lowest BCUT2D eigenvalue weighted by Crippen LogP contribution is -2.14. The number of nitrogens with zero attached hydrogens (tertiary/aromatic N) is 2. The molecule has 2 N–H and O–H groups in total. The Bertz CT molecular complexity index is 1050. The van der Waals surface area contributed by atoms with E-state index in [-0.39, 0.29) is 22.0 Å². The molecule has 2 aromatic heterocycles. The Morgan fingerprint density at radius 1 is 1.27 bits per heavy atom. The molecule has 134 valence electrons. The molecule has 1 aromatic carbocycles. The number of methoxy groups -OCH3 is 1. The lowest BCUT2D eigenvalue weighted by Gasteiger charge is -2.09. The van der Waals surface area contributed by atoms with Gasteiger partial charge in [0.1, 0.15) is 16.3 Å². The first-order chi connectivity index (χ1) is 12.4. The fraction of sp³-hybridized carbons (Fsp3) is 0.0625. The number of carbonyl (C=O) groups is 1. The maximum Gasteiger partial charge on any atom is 0.339 e. The largest absolute Gasteiger partial charge is 0.496 e. The summed E-state index contributed by atoms with van der Waals surface area (Å²) in [6, 6.07) is 8.93. The van der Waals surface area contributed by atoms with E-state index in [1.165, 1.54) is 30.6 Å². The van der Waals surface area contributed by atoms with Crippen LogP contribution < -0.4 is 9.46 Å². The van der Waals surface area contributed by atoms with Crippen LogP contribution in [0.3, 0.4) is 0 Å². The molecule has 0 aliphatic rings. The Morgan fingerprint density at radius 3 is 2.73 bits per heavy atom. The molecule has 8 nitrogen and oxygen atoms in total. The summed E-state index contributed by atoms with van der Waals surface area (Å²) < 4.78 is 32.3. The van der Waals surface area contributed by atoms with Crippen molar-refractivity contribution in [2.45, 2.75) is 4.90 Å². The zero-order valence-corrected chi connectivity index (χ0v) is 15.0. The highest BCUT2D eigenvalue weighted by Crippen LogP contribution is 2.27. The maximum absolute atomic E-state index is 12.5. The number of sulfonamides is 1. The molecule has 0 bridgehead atoms. The van der Waals surface area contributed by atoms with Gasteiger partial charge in [-0.1, -0.05) is 6.07 Å². The third-order valence-electron chi connectivity index (χ3n) is 3.34. The van der Waals surface area contributed by atoms with Gasteiger partial charge in [-0.15, -0.1) is 11.3 Å². The minimum Gasteiger partial charge on any atom is -0.496 e. The second kappa shape index (κ2) is 7.10. The molecule has 0 radical (unpaired) electrons. The lowest BCUT2D eigenvalue weighted by molar-refractivity contribution is 0.0693. The molecule has 2 heterocycles. The van der Waals surface area contributed by atoms with Crippen LogP contribution in [-0.4, -0.2) is 36.6 Å². The van der Waals surface area contributed by atoms with E-state index in [2.05, 4.69) is 14.7 Å². The summed E-state index contributed by atoms with van der Waals surface area (Å²) >= 11 is 1.24. The first-order valence-electron chi connectivity index (χ1n) is 7.22. The number of ether oxygens (including phenoxy) is 1. The highest BCUT2D eigenvalue weighted by Gasteiger charge is 2.20. The number of carboxylic acids is 1. The molecular formula is C16H13N3O5S2. The molecule has 0 aliphatic carbocycles. The second-order valence-corrected chi connectivity index (χ2v) is 7.57. The molecule has 0 spiro atoms. The number of hydrogen-bond donors (Lipinski definition) is 2. The van der Waals surface area contributed by atoms with Crippen molar-refractivity contribution in [3.63, 3.8) is 0 Å². The molecule has 3 rings (SSSR count). The smallest absolute Gasteiger partial charge is 0.339 e. The van der Waals surface area contributed by atoms with E-state index < -0.39 is 16.0 Å². The number of nitrogens with one attached hydrogen (secondary N) is 1. The van der Waals surface area contributed by atoms with E-state index in [4.69, 9.17) is 4.74 Å². The summed E-state index contributed by atoms with van der Waals surface area (Å²) in [5, 5.41) is 11.3. The van der Waals surface area contributed by atoms with Crippen LogP contribution in [0.25, 0.3) is 10.7 Å². The summed E-state index contributed by atoms with van der Waals surface area (Å²) in [6.45, 7) is 0. The minimum absolute atomic E-state index is 0.0718. The van der Waals surface area contributed by atoms with Crippen LogP contribution >= 0.6 is 11.3 Å². The molecule has 26 heavy (non-hydrogen) atoms. The summed E-state index contributed by atoms with van der Waals surface area (Å²) in [7, 11) is -2.70. The Morgan fingerprint density at radius 2 is 2.08 bits per heavy atom. The molecule has 0 unspecified atom stereocenters. The molecular weight excluding hydrogens is 378 g/mol. The zero-order valence-electron chi connectivity index (χ0n) is 13.4. The number of hydrogen-bond acceptors (Lipinski definition) is 7. The average Bonchev–Trinajstić information content (AvgIpc) is 3.09. The van der Waals surface area contributed by atoms with Gasteiger partial charge in [-0.05, 0) is 30.3 Å². The van der Waals surface area contributed by atoms with Crippen molar-refractivity contribution in [1.29, 1.82) is 0 Å². The van der Waals surface area contributed by atoms with Gasteiger partial charge in [-0.25, -0.2) is 18.2 Å². The topological polar surface area (TPSA) is 118 Å². The van der Waals surface area contributed by atoms with Gasteiger partial charge in [0.25, 0.3) is 10.0 Å². The predicted octanol–water partition coefficient (Wildman–Crippen LogP) is 2.71. The van der Waals surface area contributed by atoms with Crippen molar-refractivity contribution in [1.82, 2.24) is 9.97 Å². The average molecular weight is 391 g/mol. The lowest BCUT2D eigenvalue weighted by atomic mass is 10.2. The normalized spacial score (nSPS) is 11.1. The summed E-state index contributed by atoms with van der Waals surface area (Å²) in [4.78, 5) is 19.4. The third kappa shape index (κ3) is 3.65. The highest BCUT2D eigenvalue weighted by atomic mass is 32.2. The number of rotatable bonds is 6. The van der Waals surface area contributed by atoms with Crippen LogP contribution in [0.5, 0.6) is 5.75 Å². The van der Waals surface area contributed by atoms with Crippen molar-refractivity contribution in [2.24, 2.45) is 0 Å². The van der Waals surface area contributed by atoms with Crippen molar-refractivity contribution in [3.05, 3.63) is 53.5 Å². The van der Waals surface area contributed by atoms with Gasteiger partial charge >= 0.3 is 5.97 Å². The quantitative estimate of drug-likeness (QED) is 0.663. The maximum atomic E-state index is 12.5. The third-order valence-corrected chi connectivity index (χ3v) is 5.56. The van der Waals surface area contributed by atoms with Gasteiger partial charge in [0.05, 0.1) is 17.7 Å². The predicted molar refractivity (Wildman–Crippen MR) is 96.1 cm³/mol. The first-order valence-corrected chi connectivity index (χ1v) is 9.58. The number of thiazole rings is 1. The number of carboxylic acid groups (broad SMARTS) is 1. The van der Waals surface area contributed by atoms with E-state index in [0.29, 0.717) is 10.7 Å². The van der Waals surface area contributed by atoms with Crippen LogP contribution in [0.1, 0.15) is 10.4 Å². The molecule has 3 aromatic rings. The molecule has 0 aliphatic heterocycles. The molecule has 0 saturated carbocycles. The number of aromatic carboxylic acids is 1. The molecule has 0 fully saturated rings. The van der Waals surface area contributed by atoms with Crippen LogP contribution in [-0.2, 0) is 10.0 Å². The molecule has 0 atom stereocenters. The molecule has 0 amide bonds. The first kappa shape index (κ1) is 17.8. The van der Waals surface area contributed by atoms with Gasteiger partial charge in [-0.2, -0.15) is 0 Å². The van der Waals surface area contributed by atoms with Gasteiger partial charge in [0.15, 0.2) is 5.82 Å². The van der Waals surface area contributed by atoms with Gasteiger partial charge < -0.3 is 9.84 Å². The van der Waals surface area contributed by atoms with Crippen molar-refractivity contribution in [2.75, 3.05) is 11.8 Å². The van der Waals surface area contributed by atoms with Gasteiger partial charge in [-0.3, -0.25) is 9.71 Å². The monoisotopic (exact) mass is 391 g/mol. The minimum atomic E-state index is -4.01. The standard InChI is InChI=1S/C16H13N3O5S2/c1-24-13-6-5-10(8-11(13)16(20)21)26(22,23)19-14-9-25-15(18-14)12-4-2-3-7-17-12/h2-9,19H,1H3,(H,20,21). The molecule has 0 saturated heterocycles. The number of aromatic nitrogens is 2. The van der Waals surface area contributed by atoms with Crippen LogP contribution in [0.2, 0.25) is 0 Å². The van der Waals surface area contributed by atoms with E-state index in [1.54, 1.807) is 29.8 Å². The number of pyridine rings is 1. The Balaban J connectivity index is 1.89. The van der Waals surface area contributed by atoms with E-state index in [1.807, 2.05) is 0 Å². The number of benzene rings is 1. The second-order valence-electron chi connectivity index (χ2n) is 5.03. The van der Waals surface area contributed by atoms with Gasteiger partial charge in [0.2, 0.25) is 0 Å². The highest BCUT2D eigenvalue weighted by molar-refractivity contribution is 7.92. The number of anilines is 1. The van der Waals surface area contributed by atoms with Gasteiger partial charge in [0, 0.05) is 11.6 Å². The fourth-order valence-electron chi connectivity index (χ4n) is 2.15. The summed E-state index contributed by atoms with van der Waals surface area (Å²) in [6.07, 6.45) is 1.62. The summed E-state index contributed by atoms with van der Waals surface area (Å²) in [5.74, 6) is -1.09. The van der Waals surface area contributed by atoms with Crippen LogP contribution in [0.15, 0.2) is 52.9 Å².